The van der Waals surface area contributed by atoms with Crippen molar-refractivity contribution in [2.75, 3.05) is 26.7 Å². The maximum Gasteiger partial charge on any atom is 0.337 e. The van der Waals surface area contributed by atoms with Crippen LogP contribution in [0.4, 0.5) is 0 Å². The minimum absolute atomic E-state index is 0.0866. The van der Waals surface area contributed by atoms with Gasteiger partial charge in [0.05, 0.1) is 19.2 Å². The molecule has 25 heavy (non-hydrogen) atoms. The number of nitrogens with one attached hydrogen (secondary N) is 1. The number of hydrogen-bond acceptors (Lipinski definition) is 5. The third-order valence-corrected chi connectivity index (χ3v) is 4.31. The van der Waals surface area contributed by atoms with Crippen molar-refractivity contribution in [2.24, 2.45) is 0 Å². The quantitative estimate of drug-likeness (QED) is 0.850. The first-order valence-electron chi connectivity index (χ1n) is 8.26. The number of hydrogen-bond donors (Lipinski definition) is 1. The number of amides is 2. The Morgan fingerprint density at radius 2 is 1.96 bits per heavy atom. The largest absolute Gasteiger partial charge is 0.497 e. The van der Waals surface area contributed by atoms with Gasteiger partial charge in [0, 0.05) is 30.6 Å². The van der Waals surface area contributed by atoms with E-state index in [9.17, 15) is 14.4 Å². The fraction of sp³-hybridized carbons (Fsp3) is 0.389. The number of methoxy groups -OCH3 is 1. The third kappa shape index (κ3) is 3.81. The van der Waals surface area contributed by atoms with E-state index in [0.717, 1.165) is 38.4 Å². The molecule has 2 aromatic rings. The molecule has 3 rings (SSSR count). The van der Waals surface area contributed by atoms with Crippen molar-refractivity contribution >= 4 is 22.8 Å². The van der Waals surface area contributed by atoms with Crippen molar-refractivity contribution in [3.63, 3.8) is 0 Å². The van der Waals surface area contributed by atoms with E-state index >= 15 is 0 Å². The molecular weight excluding hydrogens is 324 g/mol. The minimum Gasteiger partial charge on any atom is -0.497 e. The third-order valence-electron chi connectivity index (χ3n) is 4.31. The molecule has 0 saturated carbocycles. The van der Waals surface area contributed by atoms with Crippen molar-refractivity contribution in [1.82, 2.24) is 10.2 Å². The van der Waals surface area contributed by atoms with E-state index in [1.807, 2.05) is 0 Å². The maximum atomic E-state index is 12.5. The number of fused-ring (bicyclic) bond motifs is 1. The van der Waals surface area contributed by atoms with E-state index in [1.54, 1.807) is 23.1 Å². The lowest BCUT2D eigenvalue weighted by atomic mass is 10.1. The van der Waals surface area contributed by atoms with E-state index < -0.39 is 11.5 Å². The zero-order valence-electron chi connectivity index (χ0n) is 14.0. The highest BCUT2D eigenvalue weighted by Gasteiger charge is 2.19. The highest BCUT2D eigenvalue weighted by Crippen LogP contribution is 2.22. The van der Waals surface area contributed by atoms with E-state index in [4.69, 9.17) is 9.15 Å². The number of carbonyl (C=O) groups excluding carboxylic acids is 2. The van der Waals surface area contributed by atoms with Gasteiger partial charge in [-0.05, 0) is 31.4 Å². The summed E-state index contributed by atoms with van der Waals surface area (Å²) in [7, 11) is 1.50. The van der Waals surface area contributed by atoms with Gasteiger partial charge in [0.25, 0.3) is 5.91 Å². The zero-order valence-corrected chi connectivity index (χ0v) is 14.0. The number of nitrogens with zero attached hydrogens (tertiary/aromatic N) is 1. The van der Waals surface area contributed by atoms with Crippen molar-refractivity contribution in [3.8, 4) is 5.75 Å². The van der Waals surface area contributed by atoms with Gasteiger partial charge in [0.1, 0.15) is 11.3 Å². The summed E-state index contributed by atoms with van der Waals surface area (Å²) in [6, 6.07) is 6.01. The SMILES string of the molecule is COc1ccc2c(C(=O)NCC(=O)N3CCCCC3)cc(=O)oc2c1. The second kappa shape index (κ2) is 7.38. The molecule has 7 nitrogen and oxygen atoms in total. The molecule has 132 valence electrons. The molecule has 1 aromatic carbocycles. The molecule has 1 saturated heterocycles. The van der Waals surface area contributed by atoms with Crippen LogP contribution in [0.5, 0.6) is 5.75 Å². The average molecular weight is 344 g/mol. The fourth-order valence-corrected chi connectivity index (χ4v) is 2.96. The summed E-state index contributed by atoms with van der Waals surface area (Å²) in [6.45, 7) is 1.37. The minimum atomic E-state index is -0.631. The lowest BCUT2D eigenvalue weighted by Gasteiger charge is -2.26. The van der Waals surface area contributed by atoms with Crippen LogP contribution < -0.4 is 15.7 Å². The van der Waals surface area contributed by atoms with E-state index in [-0.39, 0.29) is 23.6 Å². The Morgan fingerprint density at radius 3 is 2.68 bits per heavy atom. The van der Waals surface area contributed by atoms with E-state index in [1.165, 1.54) is 7.11 Å². The second-order valence-corrected chi connectivity index (χ2v) is 5.97. The molecule has 1 N–H and O–H groups in total. The van der Waals surface area contributed by atoms with Crippen LogP contribution in [0.1, 0.15) is 29.6 Å². The highest BCUT2D eigenvalue weighted by molar-refractivity contribution is 6.06. The first-order valence-corrected chi connectivity index (χ1v) is 8.26. The normalized spacial score (nSPS) is 14.4. The molecular formula is C18H20N2O5. The summed E-state index contributed by atoms with van der Waals surface area (Å²) in [5.74, 6) is -0.0658. The van der Waals surface area contributed by atoms with Gasteiger partial charge >= 0.3 is 5.63 Å². The molecule has 7 heteroatoms. The number of piperidine rings is 1. The van der Waals surface area contributed by atoms with Crippen LogP contribution in [-0.2, 0) is 4.79 Å². The lowest BCUT2D eigenvalue weighted by Crippen LogP contribution is -2.42. The van der Waals surface area contributed by atoms with Crippen LogP contribution in [0, 0.1) is 0 Å². The summed E-state index contributed by atoms with van der Waals surface area (Å²) < 4.78 is 10.2. The Hall–Kier alpha value is -2.83. The molecule has 1 aliphatic heterocycles. The van der Waals surface area contributed by atoms with Gasteiger partial charge in [-0.1, -0.05) is 0 Å². The van der Waals surface area contributed by atoms with Gasteiger partial charge in [-0.3, -0.25) is 9.59 Å². The first kappa shape index (κ1) is 17.0. The lowest BCUT2D eigenvalue weighted by molar-refractivity contribution is -0.130. The number of benzene rings is 1. The molecule has 1 aromatic heterocycles. The Kier molecular flexibility index (Phi) is 5.02. The predicted molar refractivity (Wildman–Crippen MR) is 91.8 cm³/mol. The van der Waals surface area contributed by atoms with Crippen molar-refractivity contribution in [1.29, 1.82) is 0 Å². The van der Waals surface area contributed by atoms with Gasteiger partial charge in [0.2, 0.25) is 5.91 Å². The fourth-order valence-electron chi connectivity index (χ4n) is 2.96. The highest BCUT2D eigenvalue weighted by atomic mass is 16.5. The Labute approximate surface area is 144 Å². The van der Waals surface area contributed by atoms with Gasteiger partial charge < -0.3 is 19.4 Å². The van der Waals surface area contributed by atoms with Gasteiger partial charge in [0.15, 0.2) is 0 Å². The average Bonchev–Trinajstić information content (AvgIpc) is 2.65. The summed E-state index contributed by atoms with van der Waals surface area (Å²) >= 11 is 0. The number of likely N-dealkylation sites (tertiary alicyclic amines) is 1. The summed E-state index contributed by atoms with van der Waals surface area (Å²) in [4.78, 5) is 38.1. The molecule has 0 radical (unpaired) electrons. The number of ether oxygens (including phenoxy) is 1. The zero-order chi connectivity index (χ0) is 17.8. The summed E-state index contributed by atoms with van der Waals surface area (Å²) in [5.41, 5.74) is -0.187. The van der Waals surface area contributed by atoms with Crippen LogP contribution in [-0.4, -0.2) is 43.5 Å². The van der Waals surface area contributed by atoms with Gasteiger partial charge in [-0.25, -0.2) is 4.79 Å². The number of carbonyl (C=O) groups is 2. The van der Waals surface area contributed by atoms with E-state index in [0.29, 0.717) is 11.1 Å². The maximum absolute atomic E-state index is 12.5. The van der Waals surface area contributed by atoms with Gasteiger partial charge in [-0.15, -0.1) is 0 Å². The number of rotatable bonds is 4. The molecule has 2 amide bonds. The Bertz CT molecular complexity index is 852. The molecule has 0 unspecified atom stereocenters. The molecule has 2 heterocycles. The van der Waals surface area contributed by atoms with Crippen LogP contribution in [0.25, 0.3) is 11.0 Å². The second-order valence-electron chi connectivity index (χ2n) is 5.97. The molecule has 0 spiro atoms. The summed E-state index contributed by atoms with van der Waals surface area (Å²) in [6.07, 6.45) is 3.11. The van der Waals surface area contributed by atoms with Crippen molar-refractivity contribution in [2.45, 2.75) is 19.3 Å². The standard InChI is InChI=1S/C18H20N2O5/c1-24-12-5-6-13-14(10-17(22)25-15(13)9-12)18(23)19-11-16(21)20-7-3-2-4-8-20/h5-6,9-10H,2-4,7-8,11H2,1H3,(H,19,23). The monoisotopic (exact) mass is 344 g/mol. The van der Waals surface area contributed by atoms with Gasteiger partial charge in [-0.2, -0.15) is 0 Å². The van der Waals surface area contributed by atoms with Crippen LogP contribution in [0.15, 0.2) is 33.5 Å². The molecule has 0 aliphatic carbocycles. The van der Waals surface area contributed by atoms with E-state index in [2.05, 4.69) is 5.32 Å². The van der Waals surface area contributed by atoms with Crippen molar-refractivity contribution < 1.29 is 18.7 Å². The van der Waals surface area contributed by atoms with Crippen LogP contribution in [0.3, 0.4) is 0 Å². The smallest absolute Gasteiger partial charge is 0.337 e. The molecule has 1 aliphatic rings. The Morgan fingerprint density at radius 1 is 1.20 bits per heavy atom. The molecule has 0 atom stereocenters. The molecule has 1 fully saturated rings. The first-order chi connectivity index (χ1) is 12.1. The van der Waals surface area contributed by atoms with Crippen LogP contribution >= 0.6 is 0 Å². The van der Waals surface area contributed by atoms with Crippen molar-refractivity contribution in [3.05, 3.63) is 40.2 Å². The molecule has 0 bridgehead atoms. The topological polar surface area (TPSA) is 88.9 Å². The summed E-state index contributed by atoms with van der Waals surface area (Å²) in [5, 5.41) is 3.09. The van der Waals surface area contributed by atoms with Crippen LogP contribution in [0.2, 0.25) is 0 Å². The predicted octanol–water partition coefficient (Wildman–Crippen LogP) is 1.54. The Balaban J connectivity index is 1.77.